The van der Waals surface area contributed by atoms with Crippen molar-refractivity contribution in [1.82, 2.24) is 15.3 Å². The Labute approximate surface area is 170 Å². The maximum absolute atomic E-state index is 12.5. The normalized spacial score (nSPS) is 16.4. The summed E-state index contributed by atoms with van der Waals surface area (Å²) in [6.45, 7) is 7.01. The number of hydrogen-bond donors (Lipinski definition) is 2. The van der Waals surface area contributed by atoms with Crippen LogP contribution < -0.4 is 15.5 Å². The summed E-state index contributed by atoms with van der Waals surface area (Å²) in [5.74, 6) is 0.657. The number of carbonyl (C=O) groups excluding carboxylic acids is 2. The maximum atomic E-state index is 12.5. The van der Waals surface area contributed by atoms with Gasteiger partial charge in [-0.25, -0.2) is 14.8 Å². The SMILES string of the molecule is CC(C)(C)OC(=O)NCc1cc(N2CC[C@@H](C(=O)Nc3ccccc3)C2)ncn1. The van der Waals surface area contributed by atoms with Gasteiger partial charge in [0.2, 0.25) is 5.91 Å². The second-order valence-electron chi connectivity index (χ2n) is 8.01. The van der Waals surface area contributed by atoms with E-state index in [0.717, 1.165) is 24.5 Å². The zero-order valence-electron chi connectivity index (χ0n) is 17.0. The number of amides is 2. The molecular weight excluding hydrogens is 370 g/mol. The molecule has 3 rings (SSSR count). The smallest absolute Gasteiger partial charge is 0.407 e. The number of nitrogens with one attached hydrogen (secondary N) is 2. The van der Waals surface area contributed by atoms with Gasteiger partial charge in [0.15, 0.2) is 0 Å². The summed E-state index contributed by atoms with van der Waals surface area (Å²) in [4.78, 5) is 34.9. The summed E-state index contributed by atoms with van der Waals surface area (Å²) in [5, 5.41) is 5.65. The van der Waals surface area contributed by atoms with E-state index in [2.05, 4.69) is 25.5 Å². The minimum Gasteiger partial charge on any atom is -0.444 e. The minimum absolute atomic E-state index is 0.0135. The molecular formula is C21H27N5O3. The number of para-hydroxylation sites is 1. The molecule has 1 aromatic heterocycles. The van der Waals surface area contributed by atoms with Crippen molar-refractivity contribution in [2.45, 2.75) is 39.3 Å². The van der Waals surface area contributed by atoms with Gasteiger partial charge < -0.3 is 20.3 Å². The third-order valence-electron chi connectivity index (χ3n) is 4.45. The van der Waals surface area contributed by atoms with E-state index < -0.39 is 11.7 Å². The van der Waals surface area contributed by atoms with Crippen LogP contribution in [-0.4, -0.2) is 40.7 Å². The molecule has 0 saturated carbocycles. The summed E-state index contributed by atoms with van der Waals surface area (Å²) >= 11 is 0. The predicted octanol–water partition coefficient (Wildman–Crippen LogP) is 2.97. The average Bonchev–Trinajstić information content (AvgIpc) is 3.17. The average molecular weight is 397 g/mol. The van der Waals surface area contributed by atoms with E-state index in [9.17, 15) is 9.59 Å². The molecule has 1 aliphatic heterocycles. The Morgan fingerprint density at radius 3 is 2.69 bits per heavy atom. The molecule has 8 nitrogen and oxygen atoms in total. The molecule has 0 bridgehead atoms. The lowest BCUT2D eigenvalue weighted by Crippen LogP contribution is -2.32. The summed E-state index contributed by atoms with van der Waals surface area (Å²) < 4.78 is 5.23. The molecule has 0 aliphatic carbocycles. The highest BCUT2D eigenvalue weighted by molar-refractivity contribution is 5.93. The van der Waals surface area contributed by atoms with Gasteiger partial charge in [0.25, 0.3) is 0 Å². The number of ether oxygens (including phenoxy) is 1. The summed E-state index contributed by atoms with van der Waals surface area (Å²) in [6.07, 6.45) is 1.74. The monoisotopic (exact) mass is 397 g/mol. The molecule has 154 valence electrons. The van der Waals surface area contributed by atoms with E-state index in [-0.39, 0.29) is 18.4 Å². The van der Waals surface area contributed by atoms with Gasteiger partial charge >= 0.3 is 6.09 Å². The number of alkyl carbamates (subject to hydrolysis) is 1. The van der Waals surface area contributed by atoms with E-state index >= 15 is 0 Å². The van der Waals surface area contributed by atoms with Crippen molar-refractivity contribution in [2.24, 2.45) is 5.92 Å². The van der Waals surface area contributed by atoms with Gasteiger partial charge in [-0.15, -0.1) is 0 Å². The fourth-order valence-corrected chi connectivity index (χ4v) is 3.08. The molecule has 0 unspecified atom stereocenters. The van der Waals surface area contributed by atoms with Crippen molar-refractivity contribution in [1.29, 1.82) is 0 Å². The lowest BCUT2D eigenvalue weighted by molar-refractivity contribution is -0.119. The van der Waals surface area contributed by atoms with Gasteiger partial charge in [0, 0.05) is 24.8 Å². The van der Waals surface area contributed by atoms with Crippen LogP contribution in [0.4, 0.5) is 16.3 Å². The zero-order valence-corrected chi connectivity index (χ0v) is 17.0. The van der Waals surface area contributed by atoms with E-state index in [4.69, 9.17) is 4.74 Å². The lowest BCUT2D eigenvalue weighted by atomic mass is 10.1. The topological polar surface area (TPSA) is 96.5 Å². The molecule has 0 spiro atoms. The van der Waals surface area contributed by atoms with E-state index in [1.165, 1.54) is 6.33 Å². The van der Waals surface area contributed by atoms with Crippen LogP contribution in [0.5, 0.6) is 0 Å². The highest BCUT2D eigenvalue weighted by atomic mass is 16.6. The zero-order chi connectivity index (χ0) is 20.9. The van der Waals surface area contributed by atoms with E-state index in [1.54, 1.807) is 0 Å². The molecule has 1 aliphatic rings. The lowest BCUT2D eigenvalue weighted by Gasteiger charge is -2.20. The fraction of sp³-hybridized carbons (Fsp3) is 0.429. The van der Waals surface area contributed by atoms with Crippen LogP contribution in [0.2, 0.25) is 0 Å². The van der Waals surface area contributed by atoms with Crippen LogP contribution in [0, 0.1) is 5.92 Å². The van der Waals surface area contributed by atoms with Crippen molar-refractivity contribution in [3.63, 3.8) is 0 Å². The predicted molar refractivity (Wildman–Crippen MR) is 110 cm³/mol. The molecule has 0 radical (unpaired) electrons. The van der Waals surface area contributed by atoms with Crippen molar-refractivity contribution in [3.8, 4) is 0 Å². The molecule has 2 aromatic rings. The van der Waals surface area contributed by atoms with Crippen LogP contribution in [0.3, 0.4) is 0 Å². The number of rotatable bonds is 5. The van der Waals surface area contributed by atoms with E-state index in [1.807, 2.05) is 57.2 Å². The first-order valence-electron chi connectivity index (χ1n) is 9.69. The highest BCUT2D eigenvalue weighted by Crippen LogP contribution is 2.23. The van der Waals surface area contributed by atoms with Crippen molar-refractivity contribution in [3.05, 3.63) is 48.4 Å². The van der Waals surface area contributed by atoms with Crippen molar-refractivity contribution >= 4 is 23.5 Å². The summed E-state index contributed by atoms with van der Waals surface area (Å²) in [5.41, 5.74) is 0.928. The van der Waals surface area contributed by atoms with Crippen molar-refractivity contribution < 1.29 is 14.3 Å². The molecule has 1 fully saturated rings. The second-order valence-corrected chi connectivity index (χ2v) is 8.01. The molecule has 2 heterocycles. The van der Waals surface area contributed by atoms with Crippen LogP contribution in [0.15, 0.2) is 42.7 Å². The number of hydrogen-bond acceptors (Lipinski definition) is 6. The summed E-state index contributed by atoms with van der Waals surface area (Å²) in [7, 11) is 0. The van der Waals surface area contributed by atoms with Gasteiger partial charge in [0.05, 0.1) is 18.2 Å². The highest BCUT2D eigenvalue weighted by Gasteiger charge is 2.29. The number of carbonyl (C=O) groups is 2. The molecule has 2 N–H and O–H groups in total. The molecule has 29 heavy (non-hydrogen) atoms. The number of benzene rings is 1. The number of nitrogens with zero attached hydrogens (tertiary/aromatic N) is 3. The van der Waals surface area contributed by atoms with Gasteiger partial charge in [-0.05, 0) is 39.3 Å². The first kappa shape index (κ1) is 20.6. The van der Waals surface area contributed by atoms with Gasteiger partial charge in [-0.3, -0.25) is 4.79 Å². The van der Waals surface area contributed by atoms with Crippen LogP contribution in [0.25, 0.3) is 0 Å². The Hall–Kier alpha value is -3.16. The Kier molecular flexibility index (Phi) is 6.31. The molecule has 2 amide bonds. The van der Waals surface area contributed by atoms with Crippen LogP contribution in [-0.2, 0) is 16.1 Å². The standard InChI is InChI=1S/C21H27N5O3/c1-21(2,3)29-20(28)22-12-17-11-18(24-14-23-17)26-10-9-15(13-26)19(27)25-16-7-5-4-6-8-16/h4-8,11,14-15H,9-10,12-13H2,1-3H3,(H,22,28)(H,25,27)/t15-/m1/s1. The number of anilines is 2. The largest absolute Gasteiger partial charge is 0.444 e. The van der Waals surface area contributed by atoms with Gasteiger partial charge in [0.1, 0.15) is 17.7 Å². The van der Waals surface area contributed by atoms with Crippen molar-refractivity contribution in [2.75, 3.05) is 23.3 Å². The maximum Gasteiger partial charge on any atom is 0.407 e. The van der Waals surface area contributed by atoms with Gasteiger partial charge in [-0.1, -0.05) is 18.2 Å². The Morgan fingerprint density at radius 1 is 1.21 bits per heavy atom. The molecule has 1 aromatic carbocycles. The molecule has 1 saturated heterocycles. The first-order valence-corrected chi connectivity index (χ1v) is 9.69. The van der Waals surface area contributed by atoms with Crippen LogP contribution >= 0.6 is 0 Å². The summed E-state index contributed by atoms with van der Waals surface area (Å²) in [6, 6.07) is 11.3. The third kappa shape index (κ3) is 6.17. The Balaban J connectivity index is 1.54. The third-order valence-corrected chi connectivity index (χ3v) is 4.45. The van der Waals surface area contributed by atoms with Crippen LogP contribution in [0.1, 0.15) is 32.9 Å². The quantitative estimate of drug-likeness (QED) is 0.805. The second kappa shape index (κ2) is 8.89. The Bertz CT molecular complexity index is 851. The first-order chi connectivity index (χ1) is 13.8. The molecule has 1 atom stereocenters. The minimum atomic E-state index is -0.550. The number of aromatic nitrogens is 2. The Morgan fingerprint density at radius 2 is 1.97 bits per heavy atom. The molecule has 8 heteroatoms. The van der Waals surface area contributed by atoms with Gasteiger partial charge in [-0.2, -0.15) is 0 Å². The van der Waals surface area contributed by atoms with E-state index in [0.29, 0.717) is 12.2 Å². The fourth-order valence-electron chi connectivity index (χ4n) is 3.08.